The van der Waals surface area contributed by atoms with Crippen molar-refractivity contribution in [3.63, 3.8) is 0 Å². The van der Waals surface area contributed by atoms with Crippen LogP contribution in [-0.4, -0.2) is 14.1 Å². The largest absolute Gasteiger partial charge is 0.334 e. The average Bonchev–Trinajstić information content (AvgIpc) is 2.27. The maximum absolute atomic E-state index is 2.27. The van der Waals surface area contributed by atoms with E-state index in [1.807, 2.05) is 0 Å². The Balaban J connectivity index is 2.60. The molecule has 2 aromatic carbocycles. The van der Waals surface area contributed by atoms with Crippen molar-refractivity contribution < 1.29 is 4.90 Å². The van der Waals surface area contributed by atoms with E-state index in [1.54, 1.807) is 0 Å². The highest BCUT2D eigenvalue weighted by molar-refractivity contribution is 5.85. The fourth-order valence-electron chi connectivity index (χ4n) is 1.94. The Hall–Kier alpha value is -1.34. The van der Waals surface area contributed by atoms with Gasteiger partial charge >= 0.3 is 0 Å². The van der Waals surface area contributed by atoms with Crippen molar-refractivity contribution in [1.29, 1.82) is 0 Å². The monoisotopic (exact) mass is 200 g/mol. The molecule has 0 fully saturated rings. The van der Waals surface area contributed by atoms with Gasteiger partial charge in [-0.25, -0.2) is 0 Å². The summed E-state index contributed by atoms with van der Waals surface area (Å²) in [5, 5.41) is 2.72. The van der Waals surface area contributed by atoms with Gasteiger partial charge in [-0.2, -0.15) is 0 Å². The third kappa shape index (κ3) is 1.88. The predicted molar refractivity (Wildman–Crippen MR) is 65.2 cm³/mol. The van der Waals surface area contributed by atoms with E-state index in [-0.39, 0.29) is 0 Å². The van der Waals surface area contributed by atoms with E-state index in [0.717, 1.165) is 0 Å². The summed E-state index contributed by atoms with van der Waals surface area (Å²) >= 11 is 0. The van der Waals surface area contributed by atoms with Gasteiger partial charge in [0.2, 0.25) is 0 Å². The molecular weight excluding hydrogens is 182 g/mol. The lowest BCUT2D eigenvalue weighted by molar-refractivity contribution is -0.889. The molecule has 0 unspecified atom stereocenters. The Labute approximate surface area is 91.3 Å². The molecule has 1 N–H and O–H groups in total. The lowest BCUT2D eigenvalue weighted by Gasteiger charge is -2.18. The second kappa shape index (κ2) is 4.03. The number of hydrogen-bond donors (Lipinski definition) is 1. The van der Waals surface area contributed by atoms with Crippen LogP contribution >= 0.6 is 0 Å². The molecule has 1 nitrogen and oxygen atoms in total. The highest BCUT2D eigenvalue weighted by atomic mass is 15.1. The number of benzene rings is 2. The first-order chi connectivity index (χ1) is 7.20. The van der Waals surface area contributed by atoms with Gasteiger partial charge in [0.25, 0.3) is 0 Å². The summed E-state index contributed by atoms with van der Waals surface area (Å²) < 4.78 is 0. The summed E-state index contributed by atoms with van der Waals surface area (Å²) in [6.45, 7) is 2.27. The lowest BCUT2D eigenvalue weighted by atomic mass is 9.99. The predicted octanol–water partition coefficient (Wildman–Crippen LogP) is 2.05. The Kier molecular flexibility index (Phi) is 2.74. The molecular formula is C14H18N+. The Morgan fingerprint density at radius 2 is 1.60 bits per heavy atom. The van der Waals surface area contributed by atoms with Crippen LogP contribution in [0.15, 0.2) is 42.5 Å². The number of rotatable bonds is 2. The van der Waals surface area contributed by atoms with Crippen molar-refractivity contribution in [1.82, 2.24) is 0 Å². The molecule has 78 valence electrons. The molecule has 15 heavy (non-hydrogen) atoms. The van der Waals surface area contributed by atoms with Crippen molar-refractivity contribution in [2.24, 2.45) is 0 Å². The zero-order valence-electron chi connectivity index (χ0n) is 9.62. The summed E-state index contributed by atoms with van der Waals surface area (Å²) in [5.74, 6) is 0. The zero-order chi connectivity index (χ0) is 10.8. The molecule has 0 spiro atoms. The average molecular weight is 200 g/mol. The summed E-state index contributed by atoms with van der Waals surface area (Å²) in [7, 11) is 4.40. The maximum atomic E-state index is 2.27. The van der Waals surface area contributed by atoms with Crippen LogP contribution in [0, 0.1) is 0 Å². The van der Waals surface area contributed by atoms with Gasteiger partial charge in [0.05, 0.1) is 14.1 Å². The maximum Gasteiger partial charge on any atom is 0.110 e. The lowest BCUT2D eigenvalue weighted by Crippen LogP contribution is -3.05. The molecule has 0 aliphatic carbocycles. The van der Waals surface area contributed by atoms with Crippen LogP contribution in [0.4, 0.5) is 0 Å². The van der Waals surface area contributed by atoms with Gasteiger partial charge in [-0.15, -0.1) is 0 Å². The number of fused-ring (bicyclic) bond motifs is 1. The van der Waals surface area contributed by atoms with Crippen LogP contribution in [0.25, 0.3) is 10.8 Å². The third-order valence-corrected chi connectivity index (χ3v) is 3.16. The first kappa shape index (κ1) is 10.2. The van der Waals surface area contributed by atoms with Gasteiger partial charge in [-0.3, -0.25) is 0 Å². The highest BCUT2D eigenvalue weighted by Gasteiger charge is 2.13. The molecule has 0 heterocycles. The molecule has 2 rings (SSSR count). The van der Waals surface area contributed by atoms with Crippen LogP contribution < -0.4 is 4.90 Å². The van der Waals surface area contributed by atoms with Crippen LogP contribution in [0.1, 0.15) is 18.5 Å². The Morgan fingerprint density at radius 3 is 2.33 bits per heavy atom. The molecule has 0 aliphatic rings. The molecule has 0 radical (unpaired) electrons. The van der Waals surface area contributed by atoms with Crippen molar-refractivity contribution >= 4 is 10.8 Å². The van der Waals surface area contributed by atoms with E-state index in [2.05, 4.69) is 63.5 Å². The van der Waals surface area contributed by atoms with Crippen molar-refractivity contribution in [3.8, 4) is 0 Å². The van der Waals surface area contributed by atoms with Gasteiger partial charge in [-0.1, -0.05) is 42.5 Å². The number of nitrogens with one attached hydrogen (secondary N) is 1. The number of hydrogen-bond acceptors (Lipinski definition) is 0. The first-order valence-electron chi connectivity index (χ1n) is 5.48. The van der Waals surface area contributed by atoms with Crippen LogP contribution in [-0.2, 0) is 0 Å². The summed E-state index contributed by atoms with van der Waals surface area (Å²) in [5.41, 5.74) is 1.44. The summed E-state index contributed by atoms with van der Waals surface area (Å²) in [4.78, 5) is 1.46. The topological polar surface area (TPSA) is 4.44 Å². The molecule has 0 aliphatic heterocycles. The van der Waals surface area contributed by atoms with Crippen molar-refractivity contribution in [3.05, 3.63) is 48.0 Å². The van der Waals surface area contributed by atoms with E-state index in [1.165, 1.54) is 21.2 Å². The fraction of sp³-hybridized carbons (Fsp3) is 0.286. The molecule has 1 atom stereocenters. The van der Waals surface area contributed by atoms with Gasteiger partial charge in [-0.05, 0) is 17.7 Å². The highest BCUT2D eigenvalue weighted by Crippen LogP contribution is 2.22. The van der Waals surface area contributed by atoms with E-state index < -0.39 is 0 Å². The van der Waals surface area contributed by atoms with Crippen molar-refractivity contribution in [2.75, 3.05) is 14.1 Å². The second-order valence-electron chi connectivity index (χ2n) is 4.37. The number of quaternary nitrogens is 1. The zero-order valence-corrected chi connectivity index (χ0v) is 9.62. The Morgan fingerprint density at radius 1 is 0.933 bits per heavy atom. The first-order valence-corrected chi connectivity index (χ1v) is 5.48. The SMILES string of the molecule is C[C@H](c1cccc2ccccc12)[NH+](C)C. The van der Waals surface area contributed by atoms with E-state index in [4.69, 9.17) is 0 Å². The minimum Gasteiger partial charge on any atom is -0.334 e. The normalized spacial score (nSPS) is 13.3. The van der Waals surface area contributed by atoms with Gasteiger partial charge < -0.3 is 4.90 Å². The van der Waals surface area contributed by atoms with E-state index in [0.29, 0.717) is 6.04 Å². The van der Waals surface area contributed by atoms with Crippen molar-refractivity contribution in [2.45, 2.75) is 13.0 Å². The van der Waals surface area contributed by atoms with E-state index in [9.17, 15) is 0 Å². The third-order valence-electron chi connectivity index (χ3n) is 3.16. The Bertz CT molecular complexity index is 454. The minimum absolute atomic E-state index is 0.538. The molecule has 0 saturated heterocycles. The van der Waals surface area contributed by atoms with E-state index >= 15 is 0 Å². The smallest absolute Gasteiger partial charge is 0.110 e. The van der Waals surface area contributed by atoms with Crippen LogP contribution in [0.2, 0.25) is 0 Å². The second-order valence-corrected chi connectivity index (χ2v) is 4.37. The standard InChI is InChI=1S/C14H17N/c1-11(15(2)3)13-10-6-8-12-7-4-5-9-14(12)13/h4-11H,1-3H3/p+1/t11-/m1/s1. The molecule has 1 heteroatoms. The molecule has 0 saturated carbocycles. The van der Waals surface area contributed by atoms with Gasteiger partial charge in [0, 0.05) is 5.56 Å². The molecule has 0 aromatic heterocycles. The molecule has 0 bridgehead atoms. The molecule has 2 aromatic rings. The van der Waals surface area contributed by atoms with Crippen LogP contribution in [0.3, 0.4) is 0 Å². The summed E-state index contributed by atoms with van der Waals surface area (Å²) in [6, 6.07) is 15.7. The van der Waals surface area contributed by atoms with Crippen LogP contribution in [0.5, 0.6) is 0 Å². The molecule has 0 amide bonds. The minimum atomic E-state index is 0.538. The fourth-order valence-corrected chi connectivity index (χ4v) is 1.94. The van der Waals surface area contributed by atoms with Gasteiger partial charge in [0.1, 0.15) is 6.04 Å². The summed E-state index contributed by atoms with van der Waals surface area (Å²) in [6.07, 6.45) is 0. The van der Waals surface area contributed by atoms with Gasteiger partial charge in [0.15, 0.2) is 0 Å². The quantitative estimate of drug-likeness (QED) is 0.756.